The Hall–Kier alpha value is -3.12. The molecule has 0 nitrogen and oxygen atoms in total. The SMILES string of the molecule is CC1(C)c2ccc3ccc4ccccc4c3c2-c2cccc3cccc1c23. The van der Waals surface area contributed by atoms with Crippen molar-refractivity contribution in [3.8, 4) is 11.1 Å². The fourth-order valence-electron chi connectivity index (χ4n) is 5.11. The van der Waals surface area contributed by atoms with Crippen LogP contribution < -0.4 is 0 Å². The van der Waals surface area contributed by atoms with Crippen LogP contribution in [0.3, 0.4) is 0 Å². The average molecular weight is 344 g/mol. The molecule has 0 saturated heterocycles. The van der Waals surface area contributed by atoms with Crippen molar-refractivity contribution >= 4 is 32.3 Å². The van der Waals surface area contributed by atoms with Crippen LogP contribution in [0.15, 0.2) is 84.9 Å². The lowest BCUT2D eigenvalue weighted by atomic mass is 9.67. The van der Waals surface area contributed by atoms with E-state index in [1.54, 1.807) is 0 Å². The van der Waals surface area contributed by atoms with Crippen LogP contribution in [-0.2, 0) is 5.41 Å². The maximum absolute atomic E-state index is 2.37. The van der Waals surface area contributed by atoms with Gasteiger partial charge in [0.2, 0.25) is 0 Å². The van der Waals surface area contributed by atoms with Crippen molar-refractivity contribution in [1.82, 2.24) is 0 Å². The molecule has 1 aliphatic rings. The van der Waals surface area contributed by atoms with Crippen molar-refractivity contribution in [3.05, 3.63) is 96.1 Å². The molecule has 1 aliphatic carbocycles. The summed E-state index contributed by atoms with van der Waals surface area (Å²) in [5, 5.41) is 8.11. The van der Waals surface area contributed by atoms with E-state index in [4.69, 9.17) is 0 Å². The third kappa shape index (κ3) is 1.83. The van der Waals surface area contributed by atoms with Gasteiger partial charge in [0, 0.05) is 5.41 Å². The highest BCUT2D eigenvalue weighted by Gasteiger charge is 2.34. The van der Waals surface area contributed by atoms with Crippen LogP contribution in [0.25, 0.3) is 43.4 Å². The second-order valence-corrected chi connectivity index (χ2v) is 8.21. The molecule has 0 heterocycles. The summed E-state index contributed by atoms with van der Waals surface area (Å²) in [4.78, 5) is 0. The minimum absolute atomic E-state index is 0.0195. The first-order chi connectivity index (χ1) is 13.2. The van der Waals surface area contributed by atoms with E-state index in [1.165, 1.54) is 54.6 Å². The smallest absolute Gasteiger partial charge is 0.0159 e. The molecule has 27 heavy (non-hydrogen) atoms. The van der Waals surface area contributed by atoms with Crippen LogP contribution in [-0.4, -0.2) is 0 Å². The summed E-state index contributed by atoms with van der Waals surface area (Å²) < 4.78 is 0. The van der Waals surface area contributed by atoms with Gasteiger partial charge in [-0.15, -0.1) is 0 Å². The lowest BCUT2D eigenvalue weighted by molar-refractivity contribution is 0.646. The largest absolute Gasteiger partial charge is 0.0616 e. The molecule has 0 aromatic heterocycles. The standard InChI is InChI=1S/C27H20/c1-27(2)22-12-6-9-18-8-5-11-21(24(18)22)26-23(27)16-15-19-14-13-17-7-3-4-10-20(17)25(19)26/h3-16H,1-2H3. The number of benzene rings is 5. The maximum atomic E-state index is 2.37. The van der Waals surface area contributed by atoms with Gasteiger partial charge >= 0.3 is 0 Å². The molecule has 0 bridgehead atoms. The van der Waals surface area contributed by atoms with Crippen LogP contribution in [0.4, 0.5) is 0 Å². The molecule has 5 aromatic carbocycles. The van der Waals surface area contributed by atoms with E-state index in [-0.39, 0.29) is 5.41 Å². The van der Waals surface area contributed by atoms with E-state index in [9.17, 15) is 0 Å². The molecule has 0 fully saturated rings. The Bertz CT molecular complexity index is 1380. The zero-order chi connectivity index (χ0) is 18.2. The average Bonchev–Trinajstić information content (AvgIpc) is 2.71. The van der Waals surface area contributed by atoms with E-state index >= 15 is 0 Å². The van der Waals surface area contributed by atoms with Gasteiger partial charge in [0.15, 0.2) is 0 Å². The number of hydrogen-bond acceptors (Lipinski definition) is 0. The van der Waals surface area contributed by atoms with Gasteiger partial charge in [-0.05, 0) is 54.6 Å². The predicted molar refractivity (Wildman–Crippen MR) is 117 cm³/mol. The molecule has 0 atom stereocenters. The molecule has 5 aromatic rings. The van der Waals surface area contributed by atoms with Gasteiger partial charge < -0.3 is 0 Å². The lowest BCUT2D eigenvalue weighted by Crippen LogP contribution is -2.23. The van der Waals surface area contributed by atoms with Gasteiger partial charge in [0.25, 0.3) is 0 Å². The van der Waals surface area contributed by atoms with E-state index in [2.05, 4.69) is 98.8 Å². The fourth-order valence-corrected chi connectivity index (χ4v) is 5.11. The van der Waals surface area contributed by atoms with Crippen LogP contribution in [0, 0.1) is 0 Å². The number of rotatable bonds is 0. The Morgan fingerprint density at radius 3 is 2.07 bits per heavy atom. The Morgan fingerprint density at radius 2 is 1.19 bits per heavy atom. The highest BCUT2D eigenvalue weighted by atomic mass is 14.4. The molecular formula is C27H20. The van der Waals surface area contributed by atoms with Crippen molar-refractivity contribution < 1.29 is 0 Å². The Kier molecular flexibility index (Phi) is 2.77. The number of fused-ring (bicyclic) bond motifs is 6. The predicted octanol–water partition coefficient (Wildman–Crippen LogP) is 7.45. The Labute approximate surface area is 159 Å². The molecular weight excluding hydrogens is 324 g/mol. The van der Waals surface area contributed by atoms with Gasteiger partial charge in [-0.2, -0.15) is 0 Å². The molecule has 0 saturated carbocycles. The summed E-state index contributed by atoms with van der Waals surface area (Å²) in [7, 11) is 0. The molecule has 0 spiro atoms. The monoisotopic (exact) mass is 344 g/mol. The molecule has 128 valence electrons. The van der Waals surface area contributed by atoms with Crippen molar-refractivity contribution in [2.75, 3.05) is 0 Å². The second kappa shape index (κ2) is 4.98. The third-order valence-electron chi connectivity index (χ3n) is 6.43. The number of hydrogen-bond donors (Lipinski definition) is 0. The Morgan fingerprint density at radius 1 is 0.519 bits per heavy atom. The molecule has 6 rings (SSSR count). The van der Waals surface area contributed by atoms with Crippen LogP contribution in [0.5, 0.6) is 0 Å². The maximum Gasteiger partial charge on any atom is 0.0159 e. The zero-order valence-corrected chi connectivity index (χ0v) is 15.6. The fraction of sp³-hybridized carbons (Fsp3) is 0.111. The minimum Gasteiger partial charge on any atom is -0.0616 e. The van der Waals surface area contributed by atoms with Crippen LogP contribution in [0.2, 0.25) is 0 Å². The summed E-state index contributed by atoms with van der Waals surface area (Å²) in [5.41, 5.74) is 5.63. The summed E-state index contributed by atoms with van der Waals surface area (Å²) in [6.45, 7) is 4.74. The lowest BCUT2D eigenvalue weighted by Gasteiger charge is -2.36. The third-order valence-corrected chi connectivity index (χ3v) is 6.43. The highest BCUT2D eigenvalue weighted by molar-refractivity contribution is 6.19. The molecule has 0 radical (unpaired) electrons. The van der Waals surface area contributed by atoms with Gasteiger partial charge in [-0.25, -0.2) is 0 Å². The van der Waals surface area contributed by atoms with Crippen LogP contribution in [0.1, 0.15) is 25.0 Å². The van der Waals surface area contributed by atoms with Crippen molar-refractivity contribution in [2.24, 2.45) is 0 Å². The quantitative estimate of drug-likeness (QED) is 0.256. The first kappa shape index (κ1) is 15.0. The van der Waals surface area contributed by atoms with Crippen molar-refractivity contribution in [3.63, 3.8) is 0 Å². The van der Waals surface area contributed by atoms with E-state index in [0.717, 1.165) is 0 Å². The topological polar surface area (TPSA) is 0 Å². The van der Waals surface area contributed by atoms with E-state index < -0.39 is 0 Å². The van der Waals surface area contributed by atoms with Gasteiger partial charge in [-0.1, -0.05) is 98.8 Å². The molecule has 0 aliphatic heterocycles. The Balaban J connectivity index is 1.94. The van der Waals surface area contributed by atoms with E-state index in [0.29, 0.717) is 0 Å². The minimum atomic E-state index is -0.0195. The van der Waals surface area contributed by atoms with Crippen molar-refractivity contribution in [1.29, 1.82) is 0 Å². The normalized spacial score (nSPS) is 14.6. The summed E-state index contributed by atoms with van der Waals surface area (Å²) in [6.07, 6.45) is 0. The van der Waals surface area contributed by atoms with Crippen molar-refractivity contribution in [2.45, 2.75) is 19.3 Å². The van der Waals surface area contributed by atoms with Gasteiger partial charge in [0.05, 0.1) is 0 Å². The second-order valence-electron chi connectivity index (χ2n) is 8.21. The zero-order valence-electron chi connectivity index (χ0n) is 15.6. The molecule has 0 unspecified atom stereocenters. The van der Waals surface area contributed by atoms with Gasteiger partial charge in [-0.3, -0.25) is 0 Å². The highest BCUT2D eigenvalue weighted by Crippen LogP contribution is 2.51. The first-order valence-corrected chi connectivity index (χ1v) is 9.64. The first-order valence-electron chi connectivity index (χ1n) is 9.64. The van der Waals surface area contributed by atoms with E-state index in [1.807, 2.05) is 0 Å². The molecule has 0 heteroatoms. The molecule has 0 N–H and O–H groups in total. The molecule has 0 amide bonds. The van der Waals surface area contributed by atoms with Gasteiger partial charge in [0.1, 0.15) is 0 Å². The summed E-state index contributed by atoms with van der Waals surface area (Å²) in [5.74, 6) is 0. The summed E-state index contributed by atoms with van der Waals surface area (Å²) >= 11 is 0. The van der Waals surface area contributed by atoms with Crippen LogP contribution >= 0.6 is 0 Å². The summed E-state index contributed by atoms with van der Waals surface area (Å²) in [6, 6.07) is 31.4.